The van der Waals surface area contributed by atoms with Crippen LogP contribution in [-0.2, 0) is 9.47 Å². The molecule has 56 heavy (non-hydrogen) atoms. The molecular formula is C40H50F3N7O5S. The fourth-order valence-corrected chi connectivity index (χ4v) is 9.02. The van der Waals surface area contributed by atoms with Crippen molar-refractivity contribution in [1.29, 1.82) is 0 Å². The number of anilines is 2. The summed E-state index contributed by atoms with van der Waals surface area (Å²) < 4.78 is 63.5. The van der Waals surface area contributed by atoms with Crippen molar-refractivity contribution in [2.75, 3.05) is 43.0 Å². The first-order valence-corrected chi connectivity index (χ1v) is 19.9. The van der Waals surface area contributed by atoms with Gasteiger partial charge in [-0.05, 0) is 105 Å². The number of hydrogen-bond acceptors (Lipinski definition) is 11. The quantitative estimate of drug-likeness (QED) is 0.203. The summed E-state index contributed by atoms with van der Waals surface area (Å²) in [5.41, 5.74) is -0.296. The summed E-state index contributed by atoms with van der Waals surface area (Å²) in [7, 11) is 0. The highest BCUT2D eigenvalue weighted by Crippen LogP contribution is 2.43. The molecule has 3 saturated heterocycles. The van der Waals surface area contributed by atoms with Crippen LogP contribution >= 0.6 is 11.3 Å². The van der Waals surface area contributed by atoms with E-state index in [0.29, 0.717) is 53.9 Å². The van der Waals surface area contributed by atoms with E-state index in [1.807, 2.05) is 47.6 Å². The summed E-state index contributed by atoms with van der Waals surface area (Å²) in [6.45, 7) is 18.6. The minimum atomic E-state index is -0.936. The van der Waals surface area contributed by atoms with Crippen molar-refractivity contribution in [1.82, 2.24) is 24.8 Å². The van der Waals surface area contributed by atoms with E-state index in [9.17, 15) is 14.0 Å². The number of ether oxygens (including phenoxy) is 3. The number of carbonyl (C=O) groups excluding carboxylic acids is 2. The van der Waals surface area contributed by atoms with E-state index in [1.54, 1.807) is 31.7 Å². The Bertz CT molecular complexity index is 2190. The Hall–Kier alpha value is -4.44. The SMILES string of the molecule is Cc1cc2c(N3C[C@@H](C)N(C(=O)OC(C)(C)C)C[C@@H]3C)nc(OC[C@@]34CCCN3C[C@H](F)C4)nc2cc1-c1c(F)cc(F)c2sc(NC(=O)OC(C)(C)C)nc12. The first-order valence-electron chi connectivity index (χ1n) is 19.1. The van der Waals surface area contributed by atoms with Gasteiger partial charge in [0.05, 0.1) is 21.3 Å². The Morgan fingerprint density at radius 2 is 1.70 bits per heavy atom. The van der Waals surface area contributed by atoms with Crippen molar-refractivity contribution in [2.24, 2.45) is 0 Å². The van der Waals surface area contributed by atoms with Crippen LogP contribution in [0.15, 0.2) is 18.2 Å². The molecule has 4 aromatic rings. The highest BCUT2D eigenvalue weighted by molar-refractivity contribution is 7.22. The van der Waals surface area contributed by atoms with E-state index in [-0.39, 0.29) is 45.6 Å². The van der Waals surface area contributed by atoms with Gasteiger partial charge in [-0.1, -0.05) is 11.3 Å². The van der Waals surface area contributed by atoms with E-state index in [0.717, 1.165) is 36.8 Å². The number of alkyl halides is 1. The minimum Gasteiger partial charge on any atom is -0.461 e. The lowest BCUT2D eigenvalue weighted by atomic mass is 9.95. The maximum absolute atomic E-state index is 16.0. The molecule has 4 atom stereocenters. The monoisotopic (exact) mass is 797 g/mol. The molecule has 5 heterocycles. The number of rotatable bonds is 6. The lowest BCUT2D eigenvalue weighted by Crippen LogP contribution is -2.59. The smallest absolute Gasteiger partial charge is 0.413 e. The van der Waals surface area contributed by atoms with Gasteiger partial charge in [0, 0.05) is 55.2 Å². The number of aromatic nitrogens is 3. The number of halogens is 3. The van der Waals surface area contributed by atoms with Crippen LogP contribution in [0.3, 0.4) is 0 Å². The molecule has 0 spiro atoms. The third kappa shape index (κ3) is 7.91. The van der Waals surface area contributed by atoms with Crippen LogP contribution in [0.4, 0.5) is 33.7 Å². The molecule has 3 aliphatic rings. The van der Waals surface area contributed by atoms with E-state index in [2.05, 4.69) is 20.1 Å². The van der Waals surface area contributed by atoms with Crippen molar-refractivity contribution < 1.29 is 37.0 Å². The molecular weight excluding hydrogens is 748 g/mol. The van der Waals surface area contributed by atoms with Crippen LogP contribution in [0.2, 0.25) is 0 Å². The zero-order chi connectivity index (χ0) is 40.5. The number of nitrogens with zero attached hydrogens (tertiary/aromatic N) is 6. The number of nitrogens with one attached hydrogen (secondary N) is 1. The number of fused-ring (bicyclic) bond motifs is 3. The molecule has 12 nitrogen and oxygen atoms in total. The maximum atomic E-state index is 16.0. The van der Waals surface area contributed by atoms with Gasteiger partial charge in [0.2, 0.25) is 0 Å². The second kappa shape index (κ2) is 14.5. The van der Waals surface area contributed by atoms with Crippen LogP contribution < -0.4 is 15.0 Å². The zero-order valence-electron chi connectivity index (χ0n) is 33.4. The number of thiazole rings is 1. The average molecular weight is 798 g/mol. The number of aryl methyl sites for hydroxylation is 1. The van der Waals surface area contributed by atoms with Gasteiger partial charge in [0.1, 0.15) is 41.4 Å². The third-order valence-electron chi connectivity index (χ3n) is 10.6. The number of amides is 2. The third-order valence-corrected chi connectivity index (χ3v) is 11.5. The Morgan fingerprint density at radius 3 is 2.41 bits per heavy atom. The second-order valence-corrected chi connectivity index (χ2v) is 18.4. The average Bonchev–Trinajstić information content (AvgIpc) is 3.75. The Labute approximate surface area is 328 Å². The first-order chi connectivity index (χ1) is 26.2. The molecule has 0 bridgehead atoms. The van der Waals surface area contributed by atoms with E-state index in [4.69, 9.17) is 24.2 Å². The lowest BCUT2D eigenvalue weighted by Gasteiger charge is -2.45. The molecule has 0 aliphatic carbocycles. The van der Waals surface area contributed by atoms with Crippen molar-refractivity contribution in [3.05, 3.63) is 35.4 Å². The molecule has 2 aromatic heterocycles. The van der Waals surface area contributed by atoms with E-state index >= 15 is 8.78 Å². The van der Waals surface area contributed by atoms with Crippen LogP contribution in [0.1, 0.15) is 80.2 Å². The number of hydrogen-bond donors (Lipinski definition) is 1. The Kier molecular flexibility index (Phi) is 10.3. The Balaban J connectivity index is 1.31. The summed E-state index contributed by atoms with van der Waals surface area (Å²) >= 11 is 0.875. The summed E-state index contributed by atoms with van der Waals surface area (Å²) in [5, 5.41) is 3.26. The predicted molar refractivity (Wildman–Crippen MR) is 210 cm³/mol. The number of benzene rings is 2. The van der Waals surface area contributed by atoms with Gasteiger partial charge in [-0.15, -0.1) is 0 Å². The maximum Gasteiger partial charge on any atom is 0.413 e. The van der Waals surface area contributed by atoms with Gasteiger partial charge in [0.25, 0.3) is 0 Å². The summed E-state index contributed by atoms with van der Waals surface area (Å²) in [4.78, 5) is 46.0. The molecule has 2 aromatic carbocycles. The topological polar surface area (TPSA) is 122 Å². The van der Waals surface area contributed by atoms with Crippen LogP contribution in [0.25, 0.3) is 32.2 Å². The highest BCUT2D eigenvalue weighted by Gasteiger charge is 2.49. The molecule has 3 aliphatic heterocycles. The lowest BCUT2D eigenvalue weighted by molar-refractivity contribution is 0.0129. The number of carbonyl (C=O) groups is 2. The summed E-state index contributed by atoms with van der Waals surface area (Å²) in [6.07, 6.45) is 0.0219. The van der Waals surface area contributed by atoms with Crippen LogP contribution in [0, 0.1) is 18.6 Å². The largest absolute Gasteiger partial charge is 0.461 e. The van der Waals surface area contributed by atoms with Gasteiger partial charge in [-0.25, -0.2) is 27.7 Å². The van der Waals surface area contributed by atoms with Gasteiger partial charge < -0.3 is 24.0 Å². The van der Waals surface area contributed by atoms with Crippen LogP contribution in [-0.4, -0.2) is 105 Å². The van der Waals surface area contributed by atoms with Crippen molar-refractivity contribution in [2.45, 2.75) is 117 Å². The summed E-state index contributed by atoms with van der Waals surface area (Å²) in [6, 6.07) is 4.05. The molecule has 0 radical (unpaired) electrons. The number of piperazine rings is 1. The molecule has 7 rings (SSSR count). The molecule has 0 unspecified atom stereocenters. The fraction of sp³-hybridized carbons (Fsp3) is 0.575. The fourth-order valence-electron chi connectivity index (χ4n) is 8.16. The van der Waals surface area contributed by atoms with Crippen molar-refractivity contribution in [3.8, 4) is 17.1 Å². The molecule has 3 fully saturated rings. The van der Waals surface area contributed by atoms with Crippen molar-refractivity contribution in [3.63, 3.8) is 0 Å². The molecule has 0 saturated carbocycles. The van der Waals surface area contributed by atoms with Gasteiger partial charge in [-0.3, -0.25) is 10.2 Å². The van der Waals surface area contributed by atoms with Crippen LogP contribution in [0.5, 0.6) is 6.01 Å². The van der Waals surface area contributed by atoms with Crippen molar-refractivity contribution >= 4 is 55.6 Å². The second-order valence-electron chi connectivity index (χ2n) is 17.4. The first kappa shape index (κ1) is 39.8. The summed E-state index contributed by atoms with van der Waals surface area (Å²) in [5.74, 6) is -1.08. The molecule has 1 N–H and O–H groups in total. The minimum absolute atomic E-state index is 0.0370. The van der Waals surface area contributed by atoms with Gasteiger partial charge in [0.15, 0.2) is 5.13 Å². The standard InChI is InChI=1S/C40H50F3N7O5S/c1-21-13-26-29(14-25(21)30-27(42)15-28(43)32-31(30)45-35(56-32)47-36(51)54-38(4,5)6)44-34(53-20-40-11-10-12-48(40)19-24(41)16-40)46-33(26)49-17-23(3)50(18-22(49)2)37(52)55-39(7,8)9/h13-15,22-24H,10-12,16-20H2,1-9H3,(H,45,47,51)/t22-,23+,24+,40-/m0/s1. The zero-order valence-corrected chi connectivity index (χ0v) is 34.2. The van der Waals surface area contributed by atoms with E-state index in [1.165, 1.54) is 0 Å². The van der Waals surface area contributed by atoms with Gasteiger partial charge in [-0.2, -0.15) is 9.97 Å². The predicted octanol–water partition coefficient (Wildman–Crippen LogP) is 8.63. The van der Waals surface area contributed by atoms with Gasteiger partial charge >= 0.3 is 18.2 Å². The Morgan fingerprint density at radius 1 is 0.964 bits per heavy atom. The molecule has 16 heteroatoms. The molecule has 2 amide bonds. The molecule has 302 valence electrons. The normalized spacial score (nSPS) is 23.2. The van der Waals surface area contributed by atoms with E-state index < -0.39 is 46.7 Å². The highest BCUT2D eigenvalue weighted by atomic mass is 32.1.